The maximum Gasteiger partial charge on any atom is 0.261 e. The van der Waals surface area contributed by atoms with Crippen molar-refractivity contribution in [2.24, 2.45) is 0 Å². The molecular formula is C20H17N5O4S. The Morgan fingerprint density at radius 3 is 2.40 bits per heavy atom. The zero-order valence-corrected chi connectivity index (χ0v) is 16.5. The Labute approximate surface area is 175 Å². The highest BCUT2D eigenvalue weighted by Gasteiger charge is 2.35. The van der Waals surface area contributed by atoms with Gasteiger partial charge in [0, 0.05) is 12.3 Å². The van der Waals surface area contributed by atoms with E-state index in [9.17, 15) is 9.59 Å². The first-order valence-electron chi connectivity index (χ1n) is 9.30. The van der Waals surface area contributed by atoms with E-state index in [2.05, 4.69) is 10.2 Å². The number of amides is 2. The number of nitrogen functional groups attached to an aromatic ring is 1. The molecule has 3 aromatic rings. The maximum absolute atomic E-state index is 12.4. The van der Waals surface area contributed by atoms with Crippen molar-refractivity contribution in [2.45, 2.75) is 11.3 Å². The molecule has 0 saturated heterocycles. The van der Waals surface area contributed by atoms with Gasteiger partial charge >= 0.3 is 0 Å². The molecule has 10 heteroatoms. The van der Waals surface area contributed by atoms with E-state index in [1.165, 1.54) is 21.3 Å². The standard InChI is InChI=1S/C20H17N5O4S/c21-25-17(16-11-28-14-7-3-4-8-15(14)29-16)22-23-20(25)30-10-9-24-18(26)12-5-1-2-6-13(12)19(24)27/h1-8,16H,9-11,21H2/t16-/m1/s1. The molecule has 0 fully saturated rings. The van der Waals surface area contributed by atoms with E-state index < -0.39 is 6.10 Å². The fourth-order valence-corrected chi connectivity index (χ4v) is 4.21. The number of hydrogen-bond donors (Lipinski definition) is 1. The predicted molar refractivity (Wildman–Crippen MR) is 108 cm³/mol. The first-order valence-corrected chi connectivity index (χ1v) is 10.3. The van der Waals surface area contributed by atoms with Crippen molar-refractivity contribution in [2.75, 3.05) is 24.7 Å². The fraction of sp³-hybridized carbons (Fsp3) is 0.200. The topological polar surface area (TPSA) is 113 Å². The molecule has 2 aliphatic rings. The second-order valence-electron chi connectivity index (χ2n) is 6.73. The van der Waals surface area contributed by atoms with E-state index in [4.69, 9.17) is 15.3 Å². The second-order valence-corrected chi connectivity index (χ2v) is 7.79. The van der Waals surface area contributed by atoms with Crippen LogP contribution in [0.2, 0.25) is 0 Å². The number of carbonyl (C=O) groups is 2. The summed E-state index contributed by atoms with van der Waals surface area (Å²) in [7, 11) is 0. The molecular weight excluding hydrogens is 406 g/mol. The smallest absolute Gasteiger partial charge is 0.261 e. The van der Waals surface area contributed by atoms with Crippen LogP contribution in [0.25, 0.3) is 0 Å². The number of rotatable bonds is 5. The van der Waals surface area contributed by atoms with Crippen molar-refractivity contribution < 1.29 is 19.1 Å². The summed E-state index contributed by atoms with van der Waals surface area (Å²) >= 11 is 1.31. The summed E-state index contributed by atoms with van der Waals surface area (Å²) in [5.41, 5.74) is 0.873. The normalized spacial score (nSPS) is 17.3. The Kier molecular flexibility index (Phi) is 4.55. The lowest BCUT2D eigenvalue weighted by atomic mass is 10.1. The van der Waals surface area contributed by atoms with Gasteiger partial charge in [-0.1, -0.05) is 36.0 Å². The van der Waals surface area contributed by atoms with Crippen LogP contribution in [-0.4, -0.2) is 50.5 Å². The third kappa shape index (κ3) is 3.05. The Morgan fingerprint density at radius 2 is 1.67 bits per heavy atom. The van der Waals surface area contributed by atoms with Gasteiger partial charge in [0.05, 0.1) is 11.1 Å². The maximum atomic E-state index is 12.4. The molecule has 1 atom stereocenters. The van der Waals surface area contributed by atoms with Crippen LogP contribution >= 0.6 is 11.8 Å². The summed E-state index contributed by atoms with van der Waals surface area (Å²) < 4.78 is 13.0. The van der Waals surface area contributed by atoms with Crippen molar-refractivity contribution in [1.82, 2.24) is 19.8 Å². The molecule has 0 saturated carbocycles. The zero-order valence-electron chi connectivity index (χ0n) is 15.7. The number of ether oxygens (including phenoxy) is 2. The van der Waals surface area contributed by atoms with Gasteiger partial charge in [0.1, 0.15) is 6.61 Å². The molecule has 2 aromatic carbocycles. The molecule has 0 bridgehead atoms. The lowest BCUT2D eigenvalue weighted by Crippen LogP contribution is -2.32. The fourth-order valence-electron chi connectivity index (χ4n) is 3.42. The molecule has 2 amide bonds. The van der Waals surface area contributed by atoms with Gasteiger partial charge in [0.15, 0.2) is 23.4 Å². The lowest BCUT2D eigenvalue weighted by molar-refractivity contribution is 0.0664. The Morgan fingerprint density at radius 1 is 1.00 bits per heavy atom. The number of hydrogen-bond acceptors (Lipinski definition) is 8. The van der Waals surface area contributed by atoms with E-state index >= 15 is 0 Å². The van der Waals surface area contributed by atoms with Crippen molar-refractivity contribution in [1.29, 1.82) is 0 Å². The van der Waals surface area contributed by atoms with E-state index in [1.807, 2.05) is 24.3 Å². The molecule has 3 heterocycles. The Hall–Kier alpha value is -3.53. The zero-order chi connectivity index (χ0) is 20.7. The van der Waals surface area contributed by atoms with Gasteiger partial charge in [-0.15, -0.1) is 10.2 Å². The summed E-state index contributed by atoms with van der Waals surface area (Å²) in [6, 6.07) is 14.2. The SMILES string of the molecule is Nn1c(SCCN2C(=O)c3ccccc3C2=O)nnc1[C@H]1COc2ccccc2O1. The monoisotopic (exact) mass is 423 g/mol. The Bertz CT molecular complexity index is 1110. The van der Waals surface area contributed by atoms with Gasteiger partial charge in [-0.2, -0.15) is 0 Å². The molecule has 0 unspecified atom stereocenters. The molecule has 2 N–H and O–H groups in total. The van der Waals surface area contributed by atoms with Crippen LogP contribution in [0.5, 0.6) is 11.5 Å². The number of para-hydroxylation sites is 2. The van der Waals surface area contributed by atoms with Crippen LogP contribution in [0.3, 0.4) is 0 Å². The number of carbonyl (C=O) groups excluding carboxylic acids is 2. The molecule has 30 heavy (non-hydrogen) atoms. The summed E-state index contributed by atoms with van der Waals surface area (Å²) in [4.78, 5) is 26.1. The summed E-state index contributed by atoms with van der Waals surface area (Å²) in [6.45, 7) is 0.516. The number of thioether (sulfide) groups is 1. The number of nitrogens with two attached hydrogens (primary N) is 1. The molecule has 1 aromatic heterocycles. The van der Waals surface area contributed by atoms with Crippen LogP contribution in [-0.2, 0) is 0 Å². The molecule has 152 valence electrons. The number of imide groups is 1. The molecule has 2 aliphatic heterocycles. The number of fused-ring (bicyclic) bond motifs is 2. The van der Waals surface area contributed by atoms with Crippen LogP contribution in [0.1, 0.15) is 32.6 Å². The van der Waals surface area contributed by atoms with Gasteiger partial charge in [0.2, 0.25) is 5.16 Å². The predicted octanol–water partition coefficient (Wildman–Crippen LogP) is 1.89. The highest BCUT2D eigenvalue weighted by Crippen LogP contribution is 2.35. The van der Waals surface area contributed by atoms with Crippen LogP contribution in [0.4, 0.5) is 0 Å². The van der Waals surface area contributed by atoms with Crippen molar-refractivity contribution in [3.8, 4) is 11.5 Å². The van der Waals surface area contributed by atoms with Gasteiger partial charge in [-0.25, -0.2) is 4.68 Å². The van der Waals surface area contributed by atoms with Crippen LogP contribution in [0.15, 0.2) is 53.7 Å². The van der Waals surface area contributed by atoms with E-state index in [1.54, 1.807) is 24.3 Å². The number of nitrogens with zero attached hydrogens (tertiary/aromatic N) is 4. The molecule has 0 radical (unpaired) electrons. The van der Waals surface area contributed by atoms with E-state index in [0.717, 1.165) is 0 Å². The van der Waals surface area contributed by atoms with Gasteiger partial charge in [-0.05, 0) is 24.3 Å². The molecule has 9 nitrogen and oxygen atoms in total. The van der Waals surface area contributed by atoms with Gasteiger partial charge in [-0.3, -0.25) is 14.5 Å². The summed E-state index contributed by atoms with van der Waals surface area (Å²) in [5, 5.41) is 8.72. The lowest BCUT2D eigenvalue weighted by Gasteiger charge is -2.25. The molecule has 5 rings (SSSR count). The Balaban J connectivity index is 1.23. The first kappa shape index (κ1) is 18.5. The van der Waals surface area contributed by atoms with E-state index in [0.29, 0.717) is 39.4 Å². The summed E-state index contributed by atoms with van der Waals surface area (Å²) in [6.07, 6.45) is -0.483. The van der Waals surface area contributed by atoms with Crippen LogP contribution in [0, 0.1) is 0 Å². The number of aromatic nitrogens is 3. The van der Waals surface area contributed by atoms with Crippen molar-refractivity contribution in [3.05, 3.63) is 65.5 Å². The molecule has 0 spiro atoms. The third-order valence-electron chi connectivity index (χ3n) is 4.91. The second kappa shape index (κ2) is 7.38. The van der Waals surface area contributed by atoms with Gasteiger partial charge in [0.25, 0.3) is 11.8 Å². The minimum Gasteiger partial charge on any atom is -0.485 e. The highest BCUT2D eigenvalue weighted by molar-refractivity contribution is 7.99. The third-order valence-corrected chi connectivity index (χ3v) is 5.83. The largest absolute Gasteiger partial charge is 0.485 e. The average molecular weight is 423 g/mol. The quantitative estimate of drug-likeness (QED) is 0.376. The molecule has 0 aliphatic carbocycles. The average Bonchev–Trinajstić information content (AvgIpc) is 3.26. The minimum atomic E-state index is -0.483. The van der Waals surface area contributed by atoms with Crippen molar-refractivity contribution >= 4 is 23.6 Å². The minimum absolute atomic E-state index is 0.246. The summed E-state index contributed by atoms with van der Waals surface area (Å²) in [5.74, 6) is 7.77. The van der Waals surface area contributed by atoms with Crippen molar-refractivity contribution in [3.63, 3.8) is 0 Å². The van der Waals surface area contributed by atoms with Crippen LogP contribution < -0.4 is 15.3 Å². The first-order chi connectivity index (χ1) is 14.6. The van der Waals surface area contributed by atoms with Gasteiger partial charge < -0.3 is 15.3 Å². The number of benzene rings is 2. The highest BCUT2D eigenvalue weighted by atomic mass is 32.2. The van der Waals surface area contributed by atoms with E-state index in [-0.39, 0.29) is 25.0 Å².